The molecule has 0 spiro atoms. The molecule has 6 heteroatoms. The molecule has 1 unspecified atom stereocenters. The number of aliphatic imine (C=N–C) groups is 1. The first kappa shape index (κ1) is 18.6. The Hall–Kier alpha value is -0.433. The minimum absolute atomic E-state index is 0.372. The zero-order valence-corrected chi connectivity index (χ0v) is 15.1. The molecule has 1 aliphatic rings. The molecule has 1 aliphatic heterocycles. The maximum absolute atomic E-state index is 6.08. The maximum Gasteiger partial charge on any atom is 0.504 e. The summed E-state index contributed by atoms with van der Waals surface area (Å²) in [7, 11) is -2.59. The Bertz CT molecular complexity index is 286. The highest BCUT2D eigenvalue weighted by Crippen LogP contribution is 2.33. The molecule has 0 aromatic heterocycles. The van der Waals surface area contributed by atoms with E-state index in [9.17, 15) is 0 Å². The molecule has 1 heterocycles. The summed E-state index contributed by atoms with van der Waals surface area (Å²) in [5, 5.41) is 0. The van der Waals surface area contributed by atoms with Crippen LogP contribution in [0, 0.1) is 0 Å². The minimum Gasteiger partial charge on any atom is -0.374 e. The highest BCUT2D eigenvalue weighted by molar-refractivity contribution is 6.62. The van der Waals surface area contributed by atoms with Crippen LogP contribution in [0.1, 0.15) is 47.0 Å². The first-order chi connectivity index (χ1) is 10.2. The lowest BCUT2D eigenvalue weighted by molar-refractivity contribution is 0.0579. The third-order valence-corrected chi connectivity index (χ3v) is 7.35. The average molecular weight is 317 g/mol. The fourth-order valence-corrected chi connectivity index (χ4v) is 6.13. The Morgan fingerprint density at radius 2 is 1.67 bits per heavy atom. The molecule has 0 aliphatic carbocycles. The van der Waals surface area contributed by atoms with Gasteiger partial charge in [0.25, 0.3) is 0 Å². The van der Waals surface area contributed by atoms with E-state index in [-0.39, 0.29) is 0 Å². The Kier molecular flexibility index (Phi) is 9.15. The zero-order chi connectivity index (χ0) is 15.6. The molecule has 5 nitrogen and oxygen atoms in total. The molecule has 0 radical (unpaired) electrons. The molecule has 0 amide bonds. The van der Waals surface area contributed by atoms with Crippen molar-refractivity contribution in [2.45, 2.75) is 52.5 Å². The summed E-state index contributed by atoms with van der Waals surface area (Å²) in [6, 6.07) is 0. The van der Waals surface area contributed by atoms with Crippen molar-refractivity contribution in [1.29, 1.82) is 0 Å². The second-order valence-corrected chi connectivity index (χ2v) is 8.12. The smallest absolute Gasteiger partial charge is 0.374 e. The number of rotatable bonds is 12. The normalized spacial score (nSPS) is 16.7. The SMILES string of the molecule is CCCC(CCN1C=NCC1)[Si](OCC)(OCC)OCC. The summed E-state index contributed by atoms with van der Waals surface area (Å²) < 4.78 is 18.2. The molecular formula is C15H32N2O3Si. The lowest BCUT2D eigenvalue weighted by atomic mass is 10.2. The first-order valence-electron chi connectivity index (χ1n) is 8.38. The summed E-state index contributed by atoms with van der Waals surface area (Å²) in [5.74, 6) is 0. The van der Waals surface area contributed by atoms with E-state index >= 15 is 0 Å². The molecule has 0 aromatic rings. The summed E-state index contributed by atoms with van der Waals surface area (Å²) in [6.45, 7) is 13.2. The third-order valence-electron chi connectivity index (χ3n) is 3.70. The van der Waals surface area contributed by atoms with Gasteiger partial charge in [0.15, 0.2) is 0 Å². The molecule has 0 aromatic carbocycles. The monoisotopic (exact) mass is 316 g/mol. The summed E-state index contributed by atoms with van der Waals surface area (Å²) in [5.41, 5.74) is 0.372. The van der Waals surface area contributed by atoms with E-state index in [4.69, 9.17) is 13.3 Å². The molecular weight excluding hydrogens is 284 g/mol. The molecule has 21 heavy (non-hydrogen) atoms. The lowest BCUT2D eigenvalue weighted by Gasteiger charge is -2.36. The van der Waals surface area contributed by atoms with Crippen molar-refractivity contribution in [2.24, 2.45) is 4.99 Å². The topological polar surface area (TPSA) is 43.3 Å². The second kappa shape index (κ2) is 10.3. The maximum atomic E-state index is 6.08. The van der Waals surface area contributed by atoms with Gasteiger partial charge in [-0.05, 0) is 33.6 Å². The van der Waals surface area contributed by atoms with Crippen molar-refractivity contribution in [3.63, 3.8) is 0 Å². The van der Waals surface area contributed by atoms with Crippen LogP contribution in [0.4, 0.5) is 0 Å². The van der Waals surface area contributed by atoms with Gasteiger partial charge in [-0.1, -0.05) is 13.3 Å². The van der Waals surface area contributed by atoms with Crippen molar-refractivity contribution in [2.75, 3.05) is 39.5 Å². The second-order valence-electron chi connectivity index (χ2n) is 5.23. The molecule has 0 bridgehead atoms. The molecule has 0 N–H and O–H groups in total. The van der Waals surface area contributed by atoms with Crippen molar-refractivity contribution in [3.05, 3.63) is 0 Å². The van der Waals surface area contributed by atoms with Gasteiger partial charge < -0.3 is 18.2 Å². The van der Waals surface area contributed by atoms with Gasteiger partial charge in [-0.15, -0.1) is 0 Å². The van der Waals surface area contributed by atoms with E-state index < -0.39 is 8.80 Å². The van der Waals surface area contributed by atoms with Gasteiger partial charge in [-0.3, -0.25) is 4.99 Å². The van der Waals surface area contributed by atoms with Crippen LogP contribution in [0.3, 0.4) is 0 Å². The predicted octanol–water partition coefficient (Wildman–Crippen LogP) is 2.94. The largest absolute Gasteiger partial charge is 0.504 e. The van der Waals surface area contributed by atoms with Crippen molar-refractivity contribution >= 4 is 15.1 Å². The fraction of sp³-hybridized carbons (Fsp3) is 0.933. The molecule has 124 valence electrons. The molecule has 1 rings (SSSR count). The van der Waals surface area contributed by atoms with Crippen LogP contribution >= 0.6 is 0 Å². The highest BCUT2D eigenvalue weighted by Gasteiger charge is 2.48. The van der Waals surface area contributed by atoms with Crippen LogP contribution in [0.5, 0.6) is 0 Å². The lowest BCUT2D eigenvalue weighted by Crippen LogP contribution is -2.51. The van der Waals surface area contributed by atoms with E-state index in [2.05, 4.69) is 16.8 Å². The van der Waals surface area contributed by atoms with Crippen LogP contribution < -0.4 is 0 Å². The van der Waals surface area contributed by atoms with Gasteiger partial charge in [-0.25, -0.2) is 0 Å². The van der Waals surface area contributed by atoms with Gasteiger partial charge in [-0.2, -0.15) is 0 Å². The molecule has 1 atom stereocenters. The number of hydrogen-bond acceptors (Lipinski definition) is 5. The molecule has 0 fully saturated rings. The van der Waals surface area contributed by atoms with Gasteiger partial charge in [0, 0.05) is 38.5 Å². The van der Waals surface area contributed by atoms with Crippen LogP contribution in [-0.4, -0.2) is 59.5 Å². The number of hydrogen-bond donors (Lipinski definition) is 0. The summed E-state index contributed by atoms with van der Waals surface area (Å²) >= 11 is 0. The minimum atomic E-state index is -2.59. The quantitative estimate of drug-likeness (QED) is 0.519. The van der Waals surface area contributed by atoms with E-state index in [1.807, 2.05) is 27.1 Å². The average Bonchev–Trinajstić information content (AvgIpc) is 2.97. The van der Waals surface area contributed by atoms with Crippen LogP contribution in [0.15, 0.2) is 4.99 Å². The van der Waals surface area contributed by atoms with Crippen molar-refractivity contribution in [3.8, 4) is 0 Å². The molecule has 0 saturated carbocycles. The van der Waals surface area contributed by atoms with E-state index in [0.717, 1.165) is 38.9 Å². The first-order valence-corrected chi connectivity index (χ1v) is 10.2. The van der Waals surface area contributed by atoms with Crippen molar-refractivity contribution < 1.29 is 13.3 Å². The van der Waals surface area contributed by atoms with Crippen LogP contribution in [-0.2, 0) is 13.3 Å². The number of nitrogens with zero attached hydrogens (tertiary/aromatic N) is 2. The fourth-order valence-electron chi connectivity index (χ4n) is 2.84. The van der Waals surface area contributed by atoms with E-state index in [1.165, 1.54) is 0 Å². The molecule has 0 saturated heterocycles. The summed E-state index contributed by atoms with van der Waals surface area (Å²) in [6.07, 6.45) is 5.23. The van der Waals surface area contributed by atoms with Gasteiger partial charge in [0.2, 0.25) is 0 Å². The zero-order valence-electron chi connectivity index (χ0n) is 14.1. The van der Waals surface area contributed by atoms with Crippen molar-refractivity contribution in [1.82, 2.24) is 4.90 Å². The van der Waals surface area contributed by atoms with E-state index in [0.29, 0.717) is 25.4 Å². The third kappa shape index (κ3) is 5.69. The van der Waals surface area contributed by atoms with E-state index in [1.54, 1.807) is 0 Å². The Morgan fingerprint density at radius 1 is 1.05 bits per heavy atom. The van der Waals surface area contributed by atoms with Crippen LogP contribution in [0.2, 0.25) is 5.54 Å². The van der Waals surface area contributed by atoms with Gasteiger partial charge in [0.1, 0.15) is 0 Å². The van der Waals surface area contributed by atoms with Gasteiger partial charge in [0.05, 0.1) is 12.9 Å². The Balaban J connectivity index is 2.74. The Labute approximate surface area is 131 Å². The predicted molar refractivity (Wildman–Crippen MR) is 88.8 cm³/mol. The highest BCUT2D eigenvalue weighted by atomic mass is 28.4. The summed E-state index contributed by atoms with van der Waals surface area (Å²) in [4.78, 5) is 6.56. The van der Waals surface area contributed by atoms with Gasteiger partial charge >= 0.3 is 8.80 Å². The standard InChI is InChI=1S/C15H32N2O3Si/c1-5-9-15(10-12-17-13-11-16-14-17)21(18-6-2,19-7-3)20-8-4/h14-15H,5-13H2,1-4H3. The van der Waals surface area contributed by atoms with Crippen LogP contribution in [0.25, 0.3) is 0 Å². The Morgan fingerprint density at radius 3 is 2.10 bits per heavy atom.